The summed E-state index contributed by atoms with van der Waals surface area (Å²) in [5.74, 6) is -1.09. The molecular weight excluding hydrogens is 430 g/mol. The minimum Gasteiger partial charge on any atom is -0.478 e. The third-order valence-corrected chi connectivity index (χ3v) is 5.75. The Kier molecular flexibility index (Phi) is 6.75. The van der Waals surface area contributed by atoms with Gasteiger partial charge in [0.25, 0.3) is 5.91 Å². The third kappa shape index (κ3) is 4.84. The zero-order chi connectivity index (χ0) is 24.2. The van der Waals surface area contributed by atoms with E-state index in [1.165, 1.54) is 0 Å². The van der Waals surface area contributed by atoms with Crippen molar-refractivity contribution in [2.24, 2.45) is 0 Å². The number of hydrogen-bond acceptors (Lipinski definition) is 4. The first-order valence-electron chi connectivity index (χ1n) is 11.1. The molecule has 7 heteroatoms. The van der Waals surface area contributed by atoms with E-state index in [0.717, 1.165) is 27.7 Å². The van der Waals surface area contributed by atoms with Gasteiger partial charge >= 0.3 is 5.97 Å². The summed E-state index contributed by atoms with van der Waals surface area (Å²) in [6.45, 7) is 4.84. The number of carboxylic acids is 1. The molecule has 0 aliphatic carbocycles. The molecule has 3 aromatic carbocycles. The van der Waals surface area contributed by atoms with Gasteiger partial charge in [0.2, 0.25) is 0 Å². The van der Waals surface area contributed by atoms with E-state index in [2.05, 4.69) is 10.4 Å². The molecule has 1 atom stereocenters. The standard InChI is InChI=1S/C27H27N3O4/c1-17(16-34-3)28-26(31)21-12-13-25-24(14-21)18(2)29-30(25)15-19-8-10-20(11-9-19)22-6-4-5-7-23(22)27(32)33/h4-14,17H,15-16H2,1-3H3,(H,28,31)(H,32,33)/t17-/m0/s1. The zero-order valence-corrected chi connectivity index (χ0v) is 19.4. The smallest absolute Gasteiger partial charge is 0.336 e. The van der Waals surface area contributed by atoms with Crippen molar-refractivity contribution in [2.45, 2.75) is 26.4 Å². The minimum absolute atomic E-state index is 0.0811. The molecule has 1 heterocycles. The molecule has 34 heavy (non-hydrogen) atoms. The van der Waals surface area contributed by atoms with Gasteiger partial charge in [0.1, 0.15) is 0 Å². The highest BCUT2D eigenvalue weighted by Gasteiger charge is 2.15. The molecule has 0 aliphatic rings. The molecule has 174 valence electrons. The molecule has 1 amide bonds. The van der Waals surface area contributed by atoms with Gasteiger partial charge in [-0.15, -0.1) is 0 Å². The van der Waals surface area contributed by atoms with Crippen LogP contribution in [0.4, 0.5) is 0 Å². The Morgan fingerprint density at radius 2 is 1.82 bits per heavy atom. The zero-order valence-electron chi connectivity index (χ0n) is 19.4. The number of rotatable bonds is 8. The fourth-order valence-electron chi connectivity index (χ4n) is 4.08. The molecule has 0 aliphatic heterocycles. The van der Waals surface area contributed by atoms with E-state index >= 15 is 0 Å². The highest BCUT2D eigenvalue weighted by atomic mass is 16.5. The second-order valence-electron chi connectivity index (χ2n) is 8.35. The second-order valence-corrected chi connectivity index (χ2v) is 8.35. The fourth-order valence-corrected chi connectivity index (χ4v) is 4.08. The molecule has 0 fully saturated rings. The van der Waals surface area contributed by atoms with Gasteiger partial charge in [-0.25, -0.2) is 4.79 Å². The lowest BCUT2D eigenvalue weighted by atomic mass is 9.99. The molecule has 0 saturated carbocycles. The summed E-state index contributed by atoms with van der Waals surface area (Å²) < 4.78 is 7.00. The van der Waals surface area contributed by atoms with E-state index in [-0.39, 0.29) is 17.5 Å². The van der Waals surface area contributed by atoms with Crippen LogP contribution in [0.25, 0.3) is 22.0 Å². The van der Waals surface area contributed by atoms with Crippen LogP contribution in [0, 0.1) is 6.92 Å². The number of nitrogens with one attached hydrogen (secondary N) is 1. The summed E-state index contributed by atoms with van der Waals surface area (Å²) in [4.78, 5) is 24.1. The lowest BCUT2D eigenvalue weighted by molar-refractivity contribution is 0.0697. The Morgan fingerprint density at radius 3 is 2.53 bits per heavy atom. The maximum absolute atomic E-state index is 12.6. The number of fused-ring (bicyclic) bond motifs is 1. The number of aromatic carboxylic acids is 1. The normalized spacial score (nSPS) is 12.0. The van der Waals surface area contributed by atoms with Crippen LogP contribution < -0.4 is 5.32 Å². The van der Waals surface area contributed by atoms with Gasteiger partial charge in [-0.2, -0.15) is 5.10 Å². The SMILES string of the molecule is COC[C@H](C)NC(=O)c1ccc2c(c1)c(C)nn2Cc1ccc(-c2ccccc2C(=O)O)cc1. The first kappa shape index (κ1) is 23.2. The number of methoxy groups -OCH3 is 1. The lowest BCUT2D eigenvalue weighted by Gasteiger charge is -2.13. The second kappa shape index (κ2) is 9.89. The topological polar surface area (TPSA) is 93.5 Å². The predicted molar refractivity (Wildman–Crippen MR) is 131 cm³/mol. The molecule has 4 rings (SSSR count). The van der Waals surface area contributed by atoms with Gasteiger partial charge in [0, 0.05) is 24.1 Å². The molecule has 0 spiro atoms. The van der Waals surface area contributed by atoms with Gasteiger partial charge in [0.15, 0.2) is 0 Å². The summed E-state index contributed by atoms with van der Waals surface area (Å²) in [5, 5.41) is 18.0. The number of aryl methyl sites for hydroxylation is 1. The fraction of sp³-hybridized carbons (Fsp3) is 0.222. The van der Waals surface area contributed by atoms with Crippen molar-refractivity contribution in [1.29, 1.82) is 0 Å². The van der Waals surface area contributed by atoms with Crippen LogP contribution in [0.2, 0.25) is 0 Å². The summed E-state index contributed by atoms with van der Waals surface area (Å²) >= 11 is 0. The van der Waals surface area contributed by atoms with Crippen molar-refractivity contribution in [3.05, 3.63) is 89.1 Å². The van der Waals surface area contributed by atoms with E-state index in [1.807, 2.05) is 67.1 Å². The van der Waals surface area contributed by atoms with E-state index in [1.54, 1.807) is 25.3 Å². The van der Waals surface area contributed by atoms with Gasteiger partial charge in [-0.1, -0.05) is 42.5 Å². The molecule has 0 radical (unpaired) electrons. The number of aromatic nitrogens is 2. The van der Waals surface area contributed by atoms with Crippen LogP contribution in [0.5, 0.6) is 0 Å². The number of ether oxygens (including phenoxy) is 1. The molecule has 1 aromatic heterocycles. The van der Waals surface area contributed by atoms with Crippen LogP contribution in [0.1, 0.15) is 38.9 Å². The Morgan fingerprint density at radius 1 is 1.09 bits per heavy atom. The summed E-state index contributed by atoms with van der Waals surface area (Å²) in [7, 11) is 1.61. The summed E-state index contributed by atoms with van der Waals surface area (Å²) in [5.41, 5.74) is 5.23. The highest BCUT2D eigenvalue weighted by molar-refractivity contribution is 5.99. The first-order chi connectivity index (χ1) is 16.4. The number of amides is 1. The van der Waals surface area contributed by atoms with Crippen molar-refractivity contribution in [3.8, 4) is 11.1 Å². The highest BCUT2D eigenvalue weighted by Crippen LogP contribution is 2.25. The quantitative estimate of drug-likeness (QED) is 0.406. The van der Waals surface area contributed by atoms with Gasteiger partial charge < -0.3 is 15.2 Å². The predicted octanol–water partition coefficient (Wildman–Crippen LogP) is 4.52. The van der Waals surface area contributed by atoms with Crippen LogP contribution >= 0.6 is 0 Å². The molecule has 7 nitrogen and oxygen atoms in total. The number of hydrogen-bond donors (Lipinski definition) is 2. The van der Waals surface area contributed by atoms with Gasteiger partial charge in [-0.3, -0.25) is 9.48 Å². The number of nitrogens with zero attached hydrogens (tertiary/aromatic N) is 2. The average Bonchev–Trinajstić information content (AvgIpc) is 3.14. The minimum atomic E-state index is -0.945. The third-order valence-electron chi connectivity index (χ3n) is 5.75. The Hall–Kier alpha value is -3.97. The number of carboxylic acid groups (broad SMARTS) is 1. The largest absolute Gasteiger partial charge is 0.478 e. The first-order valence-corrected chi connectivity index (χ1v) is 11.1. The molecule has 0 unspecified atom stereocenters. The van der Waals surface area contributed by atoms with Crippen LogP contribution in [0.3, 0.4) is 0 Å². The molecule has 0 bridgehead atoms. The van der Waals surface area contributed by atoms with Crippen LogP contribution in [-0.4, -0.2) is 46.5 Å². The van der Waals surface area contributed by atoms with Gasteiger partial charge in [0.05, 0.1) is 29.9 Å². The number of carbonyl (C=O) groups is 2. The Balaban J connectivity index is 1.56. The van der Waals surface area contributed by atoms with E-state index < -0.39 is 5.97 Å². The molecule has 0 saturated heterocycles. The van der Waals surface area contributed by atoms with Gasteiger partial charge in [-0.05, 0) is 54.8 Å². The van der Waals surface area contributed by atoms with Crippen molar-refractivity contribution < 1.29 is 19.4 Å². The average molecular weight is 458 g/mol. The van der Waals surface area contributed by atoms with Crippen molar-refractivity contribution in [1.82, 2.24) is 15.1 Å². The Bertz CT molecular complexity index is 1340. The van der Waals surface area contributed by atoms with Crippen molar-refractivity contribution in [3.63, 3.8) is 0 Å². The number of carbonyl (C=O) groups excluding carboxylic acids is 1. The summed E-state index contributed by atoms with van der Waals surface area (Å²) in [6.07, 6.45) is 0. The molecular formula is C27H27N3O4. The number of benzene rings is 3. The van der Waals surface area contributed by atoms with Crippen molar-refractivity contribution >= 4 is 22.8 Å². The van der Waals surface area contributed by atoms with E-state index in [0.29, 0.717) is 24.3 Å². The maximum Gasteiger partial charge on any atom is 0.336 e. The lowest BCUT2D eigenvalue weighted by Crippen LogP contribution is -2.35. The maximum atomic E-state index is 12.6. The Labute approximate surface area is 198 Å². The monoisotopic (exact) mass is 457 g/mol. The van der Waals surface area contributed by atoms with Crippen LogP contribution in [-0.2, 0) is 11.3 Å². The molecule has 4 aromatic rings. The van der Waals surface area contributed by atoms with E-state index in [4.69, 9.17) is 4.74 Å². The molecule has 2 N–H and O–H groups in total. The van der Waals surface area contributed by atoms with E-state index in [9.17, 15) is 14.7 Å². The van der Waals surface area contributed by atoms with Crippen molar-refractivity contribution in [2.75, 3.05) is 13.7 Å². The van der Waals surface area contributed by atoms with Crippen LogP contribution in [0.15, 0.2) is 66.7 Å². The summed E-state index contributed by atoms with van der Waals surface area (Å²) in [6, 6.07) is 20.3.